The predicted octanol–water partition coefficient (Wildman–Crippen LogP) is -1.51. The van der Waals surface area contributed by atoms with E-state index in [1.165, 1.54) is 0 Å². The molecule has 0 saturated heterocycles. The molecule has 0 saturated carbocycles. The van der Waals surface area contributed by atoms with Crippen molar-refractivity contribution in [3.63, 3.8) is 0 Å². The number of aliphatic hydroxyl groups excluding tert-OH is 1. The van der Waals surface area contributed by atoms with E-state index < -0.39 is 17.0 Å². The van der Waals surface area contributed by atoms with Gasteiger partial charge in [-0.25, -0.2) is 8.49 Å². The zero-order chi connectivity index (χ0) is 4.99. The molecular formula is CH5NO3S. The molecule has 0 fully saturated rings. The smallest absolute Gasteiger partial charge is 0.199 e. The Morgan fingerprint density at radius 3 is 2.50 bits per heavy atom. The van der Waals surface area contributed by atoms with E-state index in [1.807, 2.05) is 0 Å². The summed E-state index contributed by atoms with van der Waals surface area (Å²) in [6.07, 6.45) is 0. The molecule has 0 aliphatic rings. The van der Waals surface area contributed by atoms with Crippen LogP contribution in [0.5, 0.6) is 0 Å². The monoisotopic (exact) mass is 111 g/mol. The summed E-state index contributed by atoms with van der Waals surface area (Å²) in [5.41, 5.74) is 0. The normalized spacial score (nSPS) is 14.3. The Kier molecular flexibility index (Phi) is 3.24. The molecule has 0 amide bonds. The average Bonchev–Trinajstić information content (AvgIpc) is 1.65. The van der Waals surface area contributed by atoms with Crippen LogP contribution in [0.15, 0.2) is 0 Å². The number of aliphatic hydroxyl groups is 1. The van der Waals surface area contributed by atoms with Crippen LogP contribution in [0, 0.1) is 0 Å². The fourth-order valence-electron chi connectivity index (χ4n) is 0.0304. The van der Waals surface area contributed by atoms with Gasteiger partial charge >= 0.3 is 0 Å². The summed E-state index contributed by atoms with van der Waals surface area (Å²) >= 11 is -1.70. The van der Waals surface area contributed by atoms with Gasteiger partial charge in [0.1, 0.15) is 5.94 Å². The highest BCUT2D eigenvalue weighted by Gasteiger charge is 1.86. The maximum absolute atomic E-state index is 9.69. The summed E-state index contributed by atoms with van der Waals surface area (Å²) in [6.45, 7) is 0. The lowest BCUT2D eigenvalue weighted by Crippen LogP contribution is -2.05. The largest absolute Gasteiger partial charge is 0.381 e. The Labute approximate surface area is 37.5 Å². The van der Waals surface area contributed by atoms with E-state index in [0.29, 0.717) is 0 Å². The maximum atomic E-state index is 9.69. The second-order valence-corrected chi connectivity index (χ2v) is 1.59. The van der Waals surface area contributed by atoms with Gasteiger partial charge in [0.05, 0.1) is 0 Å². The van der Waals surface area contributed by atoms with Crippen LogP contribution in [0.25, 0.3) is 0 Å². The second-order valence-electron chi connectivity index (χ2n) is 0.529. The lowest BCUT2D eigenvalue weighted by molar-refractivity contribution is 0.314. The van der Waals surface area contributed by atoms with Crippen molar-refractivity contribution in [2.75, 3.05) is 5.94 Å². The topological polar surface area (TPSA) is 72.5 Å². The molecule has 3 N–H and O–H groups in total. The molecule has 0 bridgehead atoms. The van der Waals surface area contributed by atoms with Gasteiger partial charge in [-0.15, -0.1) is 0 Å². The van der Waals surface area contributed by atoms with Gasteiger partial charge in [-0.1, -0.05) is 0 Å². The van der Waals surface area contributed by atoms with E-state index in [9.17, 15) is 4.21 Å². The van der Waals surface area contributed by atoms with Gasteiger partial charge in [-0.2, -0.15) is 5.90 Å². The molecule has 0 heterocycles. The highest BCUT2D eigenvalue weighted by Crippen LogP contribution is 1.69. The van der Waals surface area contributed by atoms with E-state index in [1.54, 1.807) is 0 Å². The third-order valence-corrected chi connectivity index (χ3v) is 0.638. The zero-order valence-corrected chi connectivity index (χ0v) is 3.77. The fraction of sp³-hybridized carbons (Fsp3) is 1.00. The average molecular weight is 111 g/mol. The lowest BCUT2D eigenvalue weighted by Gasteiger charge is -1.84. The third kappa shape index (κ3) is 2.28. The number of hydrogen-bond acceptors (Lipinski definition) is 4. The fourth-order valence-corrected chi connectivity index (χ4v) is 0.0913. The zero-order valence-electron chi connectivity index (χ0n) is 2.96. The van der Waals surface area contributed by atoms with Crippen LogP contribution >= 0.6 is 0 Å². The molecule has 1 unspecified atom stereocenters. The van der Waals surface area contributed by atoms with Gasteiger partial charge in [0.15, 0.2) is 11.1 Å². The number of hydrogen-bond donors (Lipinski definition) is 2. The Morgan fingerprint density at radius 1 is 2.00 bits per heavy atom. The van der Waals surface area contributed by atoms with E-state index in [2.05, 4.69) is 10.2 Å². The molecular weight excluding hydrogens is 106 g/mol. The molecule has 0 radical (unpaired) electrons. The van der Waals surface area contributed by atoms with Crippen molar-refractivity contribution in [3.05, 3.63) is 0 Å². The first-order valence-corrected chi connectivity index (χ1v) is 2.42. The summed E-state index contributed by atoms with van der Waals surface area (Å²) in [7, 11) is 0. The van der Waals surface area contributed by atoms with Crippen molar-refractivity contribution in [2.24, 2.45) is 5.90 Å². The first kappa shape index (κ1) is 6.03. The molecule has 0 aromatic heterocycles. The highest BCUT2D eigenvalue weighted by molar-refractivity contribution is 7.79. The minimum absolute atomic E-state index is 0.545. The Balaban J connectivity index is 2.99. The van der Waals surface area contributed by atoms with Crippen molar-refractivity contribution in [3.8, 4) is 0 Å². The van der Waals surface area contributed by atoms with Crippen molar-refractivity contribution < 1.29 is 13.6 Å². The minimum Gasteiger partial charge on any atom is -0.381 e. The minimum atomic E-state index is -1.70. The standard InChI is InChI=1S/CH5NO3S/c2-5-6(4)1-3/h3H,1-2H2. The van der Waals surface area contributed by atoms with Crippen molar-refractivity contribution >= 4 is 11.1 Å². The highest BCUT2D eigenvalue weighted by atomic mass is 32.2. The van der Waals surface area contributed by atoms with E-state index in [4.69, 9.17) is 5.11 Å². The molecule has 38 valence electrons. The first-order valence-electron chi connectivity index (χ1n) is 1.17. The van der Waals surface area contributed by atoms with Gasteiger partial charge in [-0.3, -0.25) is 0 Å². The summed E-state index contributed by atoms with van der Waals surface area (Å²) in [6, 6.07) is 0. The number of rotatable bonds is 2. The van der Waals surface area contributed by atoms with Crippen LogP contribution in [0.2, 0.25) is 0 Å². The van der Waals surface area contributed by atoms with E-state index in [-0.39, 0.29) is 0 Å². The number of nitrogens with two attached hydrogens (primary N) is 1. The summed E-state index contributed by atoms with van der Waals surface area (Å²) in [5.74, 6) is 3.78. The van der Waals surface area contributed by atoms with Crippen LogP contribution in [0.4, 0.5) is 0 Å². The van der Waals surface area contributed by atoms with Crippen LogP contribution in [0.1, 0.15) is 0 Å². The van der Waals surface area contributed by atoms with E-state index >= 15 is 0 Å². The SMILES string of the molecule is NOS(=O)CO. The lowest BCUT2D eigenvalue weighted by atomic mass is 11.7. The predicted molar refractivity (Wildman–Crippen MR) is 20.5 cm³/mol. The quantitative estimate of drug-likeness (QED) is 0.425. The van der Waals surface area contributed by atoms with Gasteiger partial charge in [0.2, 0.25) is 0 Å². The molecule has 0 spiro atoms. The van der Waals surface area contributed by atoms with Gasteiger partial charge in [-0.05, 0) is 0 Å². The Hall–Kier alpha value is 0.0300. The van der Waals surface area contributed by atoms with Crippen molar-refractivity contribution in [2.45, 2.75) is 0 Å². The molecule has 5 heteroatoms. The first-order chi connectivity index (χ1) is 2.81. The summed E-state index contributed by atoms with van der Waals surface area (Å²) in [5, 5.41) is 7.83. The van der Waals surface area contributed by atoms with Gasteiger partial charge < -0.3 is 5.11 Å². The molecule has 6 heavy (non-hydrogen) atoms. The van der Waals surface area contributed by atoms with Crippen molar-refractivity contribution in [1.29, 1.82) is 0 Å². The maximum Gasteiger partial charge on any atom is 0.199 e. The van der Waals surface area contributed by atoms with Gasteiger partial charge in [0.25, 0.3) is 0 Å². The van der Waals surface area contributed by atoms with Gasteiger partial charge in [0, 0.05) is 0 Å². The molecule has 0 aromatic carbocycles. The van der Waals surface area contributed by atoms with Crippen LogP contribution in [0.3, 0.4) is 0 Å². The summed E-state index contributed by atoms with van der Waals surface area (Å²) in [4.78, 5) is 0. The molecule has 4 nitrogen and oxygen atoms in total. The van der Waals surface area contributed by atoms with Crippen LogP contribution in [-0.2, 0) is 15.4 Å². The van der Waals surface area contributed by atoms with Crippen LogP contribution < -0.4 is 5.90 Å². The van der Waals surface area contributed by atoms with Crippen LogP contribution in [-0.4, -0.2) is 15.3 Å². The van der Waals surface area contributed by atoms with Crippen molar-refractivity contribution in [1.82, 2.24) is 0 Å². The molecule has 0 aliphatic carbocycles. The molecule has 1 atom stereocenters. The summed E-state index contributed by atoms with van der Waals surface area (Å²) < 4.78 is 13.3. The second kappa shape index (κ2) is 3.23. The molecule has 0 aromatic rings. The Bertz CT molecular complexity index is 48.8. The third-order valence-electron chi connectivity index (χ3n) is 0.213. The van der Waals surface area contributed by atoms with E-state index in [0.717, 1.165) is 0 Å². The Morgan fingerprint density at radius 2 is 2.50 bits per heavy atom. The molecule has 0 aliphatic heterocycles. The molecule has 0 rings (SSSR count).